The van der Waals surface area contributed by atoms with Gasteiger partial charge >= 0.3 is 0 Å². The van der Waals surface area contributed by atoms with E-state index in [4.69, 9.17) is 0 Å². The molecule has 2 heterocycles. The van der Waals surface area contributed by atoms with Gasteiger partial charge < -0.3 is 0 Å². The predicted molar refractivity (Wildman–Crippen MR) is 76.9 cm³/mol. The van der Waals surface area contributed by atoms with Gasteiger partial charge in [-0.2, -0.15) is 10.2 Å². The molecule has 0 aliphatic carbocycles. The molecule has 0 aliphatic rings. The Hall–Kier alpha value is -1.58. The molecule has 0 atom stereocenters. The largest absolute Gasteiger partial charge is 0.245 e. The van der Waals surface area contributed by atoms with Crippen molar-refractivity contribution in [2.45, 2.75) is 58.0 Å². The van der Waals surface area contributed by atoms with E-state index in [1.54, 1.807) is 0 Å². The van der Waals surface area contributed by atoms with Crippen LogP contribution in [0.1, 0.15) is 52.4 Å². The molecule has 2 aromatic rings. The van der Waals surface area contributed by atoms with E-state index >= 15 is 0 Å². The molecule has 0 bridgehead atoms. The van der Waals surface area contributed by atoms with E-state index in [9.17, 15) is 0 Å². The van der Waals surface area contributed by atoms with Crippen LogP contribution in [0.5, 0.6) is 0 Å². The van der Waals surface area contributed by atoms with Crippen LogP contribution in [0.2, 0.25) is 0 Å². The monoisotopic (exact) mass is 260 g/mol. The molecule has 0 N–H and O–H groups in total. The zero-order valence-electron chi connectivity index (χ0n) is 12.0. The van der Waals surface area contributed by atoms with E-state index < -0.39 is 0 Å². The third-order valence-corrected chi connectivity index (χ3v) is 3.72. The molecule has 0 spiro atoms. The van der Waals surface area contributed by atoms with Crippen LogP contribution in [-0.2, 0) is 5.66 Å². The lowest BCUT2D eigenvalue weighted by Gasteiger charge is -2.35. The zero-order chi connectivity index (χ0) is 13.6. The third kappa shape index (κ3) is 2.88. The molecule has 0 saturated heterocycles. The molecule has 104 valence electrons. The van der Waals surface area contributed by atoms with Gasteiger partial charge in [-0.3, -0.25) is 0 Å². The van der Waals surface area contributed by atoms with Crippen molar-refractivity contribution in [3.8, 4) is 0 Å². The predicted octanol–water partition coefficient (Wildman–Crippen LogP) is 3.66. The first-order valence-corrected chi connectivity index (χ1v) is 7.33. The molecule has 0 unspecified atom stereocenters. The van der Waals surface area contributed by atoms with E-state index in [1.807, 2.05) is 24.5 Å². The summed E-state index contributed by atoms with van der Waals surface area (Å²) in [7, 11) is 0. The minimum atomic E-state index is -0.140. The lowest BCUT2D eigenvalue weighted by molar-refractivity contribution is 0.140. The van der Waals surface area contributed by atoms with Gasteiger partial charge in [0.25, 0.3) is 0 Å². The second kappa shape index (κ2) is 6.55. The summed E-state index contributed by atoms with van der Waals surface area (Å²) in [4.78, 5) is 0. The molecule has 2 rings (SSSR count). The fourth-order valence-corrected chi connectivity index (χ4v) is 2.64. The molecule has 0 radical (unpaired) electrons. The highest BCUT2D eigenvalue weighted by Gasteiger charge is 2.33. The summed E-state index contributed by atoms with van der Waals surface area (Å²) in [6.45, 7) is 4.47. The summed E-state index contributed by atoms with van der Waals surface area (Å²) < 4.78 is 4.18. The van der Waals surface area contributed by atoms with Crippen molar-refractivity contribution in [1.82, 2.24) is 19.6 Å². The Bertz CT molecular complexity index is 400. The molecule has 0 fully saturated rings. The van der Waals surface area contributed by atoms with Crippen molar-refractivity contribution in [1.29, 1.82) is 0 Å². The number of hydrogen-bond acceptors (Lipinski definition) is 2. The quantitative estimate of drug-likeness (QED) is 0.726. The standard InChI is InChI=1S/C15H24N4/c1-3-5-9-15(10-6-4-2,18-13-7-11-16-18)19-14-8-12-17-19/h7-8,11-14H,3-6,9-10H2,1-2H3. The van der Waals surface area contributed by atoms with Crippen molar-refractivity contribution in [2.24, 2.45) is 0 Å². The van der Waals surface area contributed by atoms with Crippen molar-refractivity contribution in [2.75, 3.05) is 0 Å². The van der Waals surface area contributed by atoms with Crippen molar-refractivity contribution in [3.05, 3.63) is 36.9 Å². The Labute approximate surface area is 115 Å². The number of unbranched alkanes of at least 4 members (excludes halogenated alkanes) is 2. The molecule has 19 heavy (non-hydrogen) atoms. The highest BCUT2D eigenvalue weighted by Crippen LogP contribution is 2.30. The Morgan fingerprint density at radius 1 is 0.842 bits per heavy atom. The fraction of sp³-hybridized carbons (Fsp3) is 0.600. The molecule has 4 heteroatoms. The Morgan fingerprint density at radius 2 is 1.32 bits per heavy atom. The third-order valence-electron chi connectivity index (χ3n) is 3.72. The van der Waals surface area contributed by atoms with Gasteiger partial charge in [0.15, 0.2) is 5.66 Å². The second-order valence-corrected chi connectivity index (χ2v) is 5.09. The maximum Gasteiger partial charge on any atom is 0.153 e. The van der Waals surface area contributed by atoms with Crippen LogP contribution in [0.25, 0.3) is 0 Å². The van der Waals surface area contributed by atoms with Crippen molar-refractivity contribution in [3.63, 3.8) is 0 Å². The average molecular weight is 260 g/mol. The first-order valence-electron chi connectivity index (χ1n) is 7.33. The maximum absolute atomic E-state index is 4.51. The molecule has 0 amide bonds. The highest BCUT2D eigenvalue weighted by molar-refractivity contribution is 4.94. The van der Waals surface area contributed by atoms with Gasteiger partial charge in [-0.25, -0.2) is 9.36 Å². The van der Waals surface area contributed by atoms with E-state index in [0.29, 0.717) is 0 Å². The zero-order valence-corrected chi connectivity index (χ0v) is 12.0. The van der Waals surface area contributed by atoms with Crippen LogP contribution in [0.15, 0.2) is 36.9 Å². The molecule has 2 aromatic heterocycles. The summed E-state index contributed by atoms with van der Waals surface area (Å²) in [6, 6.07) is 3.99. The van der Waals surface area contributed by atoms with Crippen LogP contribution in [0.4, 0.5) is 0 Å². The Morgan fingerprint density at radius 3 is 1.63 bits per heavy atom. The normalized spacial score (nSPS) is 11.9. The number of nitrogens with zero attached hydrogens (tertiary/aromatic N) is 4. The van der Waals surface area contributed by atoms with Crippen molar-refractivity contribution >= 4 is 0 Å². The van der Waals surface area contributed by atoms with Crippen molar-refractivity contribution < 1.29 is 0 Å². The van der Waals surface area contributed by atoms with Crippen LogP contribution in [0, 0.1) is 0 Å². The molecule has 0 saturated carbocycles. The fourth-order valence-electron chi connectivity index (χ4n) is 2.64. The van der Waals surface area contributed by atoms with Crippen LogP contribution < -0.4 is 0 Å². The van der Waals surface area contributed by atoms with Gasteiger partial charge in [0.1, 0.15) is 0 Å². The van der Waals surface area contributed by atoms with E-state index in [2.05, 4.69) is 45.8 Å². The first kappa shape index (κ1) is 13.8. The highest BCUT2D eigenvalue weighted by atomic mass is 15.5. The van der Waals surface area contributed by atoms with Gasteiger partial charge in [-0.1, -0.05) is 26.7 Å². The minimum absolute atomic E-state index is 0.140. The number of rotatable bonds is 8. The summed E-state index contributed by atoms with van der Waals surface area (Å²) >= 11 is 0. The lowest BCUT2D eigenvalue weighted by Crippen LogP contribution is -2.42. The Kier molecular flexibility index (Phi) is 4.77. The first-order chi connectivity index (χ1) is 9.33. The summed E-state index contributed by atoms with van der Waals surface area (Å²) in [6.07, 6.45) is 14.7. The lowest BCUT2D eigenvalue weighted by atomic mass is 9.96. The van der Waals surface area contributed by atoms with E-state index in [0.717, 1.165) is 12.8 Å². The minimum Gasteiger partial charge on any atom is -0.245 e. The average Bonchev–Trinajstić information content (AvgIpc) is 3.12. The molecule has 4 nitrogen and oxygen atoms in total. The SMILES string of the molecule is CCCCC(CCCC)(n1cccn1)n1cccn1. The van der Waals surface area contributed by atoms with Gasteiger partial charge in [0.2, 0.25) is 0 Å². The van der Waals surface area contributed by atoms with E-state index in [1.165, 1.54) is 25.7 Å². The van der Waals surface area contributed by atoms with Crippen LogP contribution >= 0.6 is 0 Å². The summed E-state index contributed by atoms with van der Waals surface area (Å²) in [5, 5.41) is 9.01. The van der Waals surface area contributed by atoms with Gasteiger partial charge in [0, 0.05) is 24.8 Å². The topological polar surface area (TPSA) is 35.6 Å². The summed E-state index contributed by atoms with van der Waals surface area (Å²) in [5.41, 5.74) is -0.140. The maximum atomic E-state index is 4.51. The summed E-state index contributed by atoms with van der Waals surface area (Å²) in [5.74, 6) is 0. The molecular formula is C15H24N4. The van der Waals surface area contributed by atoms with Crippen LogP contribution in [0.3, 0.4) is 0 Å². The molecular weight excluding hydrogens is 236 g/mol. The Balaban J connectivity index is 2.38. The molecule has 0 aliphatic heterocycles. The van der Waals surface area contributed by atoms with Gasteiger partial charge in [-0.05, 0) is 37.8 Å². The van der Waals surface area contributed by atoms with Gasteiger partial charge in [0.05, 0.1) is 0 Å². The second-order valence-electron chi connectivity index (χ2n) is 5.09. The number of aromatic nitrogens is 4. The van der Waals surface area contributed by atoms with Crippen LogP contribution in [-0.4, -0.2) is 19.6 Å². The smallest absolute Gasteiger partial charge is 0.153 e. The van der Waals surface area contributed by atoms with E-state index in [-0.39, 0.29) is 5.66 Å². The molecule has 0 aromatic carbocycles. The van der Waals surface area contributed by atoms with Gasteiger partial charge in [-0.15, -0.1) is 0 Å². The number of hydrogen-bond donors (Lipinski definition) is 0.